The second kappa shape index (κ2) is 4.74. The van der Waals surface area contributed by atoms with Gasteiger partial charge in [-0.15, -0.1) is 0 Å². The Hall–Kier alpha value is -2.52. The number of hydrogen-bond donors (Lipinski definition) is 0. The number of hydrogen-bond acceptors (Lipinski definition) is 1. The predicted octanol–water partition coefficient (Wildman–Crippen LogP) is 6.29. The van der Waals surface area contributed by atoms with Crippen molar-refractivity contribution in [3.05, 3.63) is 77.3 Å². The maximum Gasteiger partial charge on any atom is 0.213 e. The molecule has 0 N–H and O–H groups in total. The zero-order valence-corrected chi connectivity index (χ0v) is 13.7. The van der Waals surface area contributed by atoms with E-state index in [1.54, 1.807) is 0 Å². The molecule has 2 nitrogen and oxygen atoms in total. The predicted molar refractivity (Wildman–Crippen MR) is 98.3 cm³/mol. The molecule has 0 spiro atoms. The van der Waals surface area contributed by atoms with Crippen LogP contribution in [0.15, 0.2) is 81.7 Å². The van der Waals surface area contributed by atoms with E-state index < -0.39 is 0 Å². The molecular formula is C20H12BrNO. The summed E-state index contributed by atoms with van der Waals surface area (Å²) in [6.07, 6.45) is 0. The number of halogens is 1. The Morgan fingerprint density at radius 2 is 1.43 bits per heavy atom. The lowest BCUT2D eigenvalue weighted by molar-refractivity contribution is 0.645. The van der Waals surface area contributed by atoms with Gasteiger partial charge in [0.05, 0.1) is 10.9 Å². The molecular weight excluding hydrogens is 350 g/mol. The third-order valence-electron chi connectivity index (χ3n) is 4.28. The molecule has 0 aliphatic carbocycles. The average molecular weight is 362 g/mol. The molecule has 2 heterocycles. The quantitative estimate of drug-likeness (QED) is 0.343. The number of para-hydroxylation sites is 2. The fourth-order valence-corrected chi connectivity index (χ4v) is 3.55. The molecule has 0 fully saturated rings. The van der Waals surface area contributed by atoms with Crippen molar-refractivity contribution in [3.63, 3.8) is 0 Å². The molecule has 5 rings (SSSR count). The minimum atomic E-state index is 0.898. The van der Waals surface area contributed by atoms with Crippen molar-refractivity contribution in [2.24, 2.45) is 0 Å². The lowest BCUT2D eigenvalue weighted by Gasteiger charge is -2.06. The second-order valence-corrected chi connectivity index (χ2v) is 6.52. The zero-order valence-electron chi connectivity index (χ0n) is 12.2. The topological polar surface area (TPSA) is 18.1 Å². The maximum absolute atomic E-state index is 6.20. The lowest BCUT2D eigenvalue weighted by atomic mass is 10.1. The van der Waals surface area contributed by atoms with Crippen LogP contribution in [-0.4, -0.2) is 4.57 Å². The van der Waals surface area contributed by atoms with E-state index in [1.165, 1.54) is 10.8 Å². The molecule has 5 aromatic rings. The molecule has 23 heavy (non-hydrogen) atoms. The first-order valence-corrected chi connectivity index (χ1v) is 8.29. The van der Waals surface area contributed by atoms with Crippen LogP contribution in [0.1, 0.15) is 0 Å². The van der Waals surface area contributed by atoms with Gasteiger partial charge in [0, 0.05) is 20.9 Å². The van der Waals surface area contributed by atoms with Gasteiger partial charge >= 0.3 is 0 Å². The van der Waals surface area contributed by atoms with E-state index in [0.717, 1.165) is 32.4 Å². The van der Waals surface area contributed by atoms with Gasteiger partial charge in [-0.1, -0.05) is 52.3 Å². The molecule has 0 aliphatic rings. The molecule has 0 amide bonds. The third-order valence-corrected chi connectivity index (χ3v) is 4.81. The summed E-state index contributed by atoms with van der Waals surface area (Å²) < 4.78 is 9.46. The summed E-state index contributed by atoms with van der Waals surface area (Å²) in [5.74, 6) is 0. The molecule has 0 radical (unpaired) electrons. The van der Waals surface area contributed by atoms with Crippen LogP contribution in [0.25, 0.3) is 38.7 Å². The molecule has 0 saturated carbocycles. The van der Waals surface area contributed by atoms with Crippen LogP contribution in [0.5, 0.6) is 0 Å². The fraction of sp³-hybridized carbons (Fsp3) is 0. The van der Waals surface area contributed by atoms with Gasteiger partial charge < -0.3 is 4.42 Å². The summed E-state index contributed by atoms with van der Waals surface area (Å²) in [5, 5.41) is 3.56. The largest absolute Gasteiger partial charge is 0.439 e. The summed E-state index contributed by atoms with van der Waals surface area (Å²) in [6, 6.07) is 25.0. The first-order valence-electron chi connectivity index (χ1n) is 7.49. The zero-order chi connectivity index (χ0) is 15.4. The minimum absolute atomic E-state index is 0.898. The molecule has 0 aliphatic heterocycles. The van der Waals surface area contributed by atoms with Gasteiger partial charge in [-0.2, -0.15) is 0 Å². The first kappa shape index (κ1) is 13.0. The highest BCUT2D eigenvalue weighted by Gasteiger charge is 2.18. The normalized spacial score (nSPS) is 11.7. The Balaban J connectivity index is 2.01. The Morgan fingerprint density at radius 3 is 2.26 bits per heavy atom. The van der Waals surface area contributed by atoms with Crippen molar-refractivity contribution >= 4 is 48.9 Å². The number of aromatic nitrogens is 1. The fourth-order valence-electron chi connectivity index (χ4n) is 3.29. The molecule has 0 unspecified atom stereocenters. The van der Waals surface area contributed by atoms with Crippen LogP contribution in [0, 0.1) is 0 Å². The van der Waals surface area contributed by atoms with Gasteiger partial charge in [0.15, 0.2) is 0 Å². The molecule has 0 atom stereocenters. The van der Waals surface area contributed by atoms with Crippen LogP contribution < -0.4 is 0 Å². The number of furan rings is 1. The molecule has 3 heteroatoms. The smallest absolute Gasteiger partial charge is 0.213 e. The number of fused-ring (bicyclic) bond motifs is 5. The Bertz CT molecular complexity index is 1170. The van der Waals surface area contributed by atoms with Crippen LogP contribution in [0.2, 0.25) is 0 Å². The highest BCUT2D eigenvalue weighted by molar-refractivity contribution is 9.10. The third kappa shape index (κ3) is 1.80. The van der Waals surface area contributed by atoms with Crippen molar-refractivity contribution in [1.29, 1.82) is 0 Å². The SMILES string of the molecule is Brc1ccc(-n2c3ccccc3c3c4ccccc4oc32)cc1. The van der Waals surface area contributed by atoms with Gasteiger partial charge in [-0.3, -0.25) is 4.57 Å². The monoisotopic (exact) mass is 361 g/mol. The van der Waals surface area contributed by atoms with Crippen molar-refractivity contribution in [2.45, 2.75) is 0 Å². The van der Waals surface area contributed by atoms with Crippen molar-refractivity contribution in [3.8, 4) is 5.69 Å². The minimum Gasteiger partial charge on any atom is -0.439 e. The van der Waals surface area contributed by atoms with Gasteiger partial charge in [-0.25, -0.2) is 0 Å². The summed E-state index contributed by atoms with van der Waals surface area (Å²) in [5.41, 5.74) is 4.08. The van der Waals surface area contributed by atoms with Crippen LogP contribution in [-0.2, 0) is 0 Å². The number of rotatable bonds is 1. The number of benzene rings is 3. The van der Waals surface area contributed by atoms with E-state index in [0.29, 0.717) is 0 Å². The van der Waals surface area contributed by atoms with Crippen LogP contribution >= 0.6 is 15.9 Å². The van der Waals surface area contributed by atoms with Gasteiger partial charge in [0.25, 0.3) is 0 Å². The second-order valence-electron chi connectivity index (χ2n) is 5.61. The van der Waals surface area contributed by atoms with E-state index >= 15 is 0 Å². The molecule has 0 bridgehead atoms. The maximum atomic E-state index is 6.20. The first-order chi connectivity index (χ1) is 11.3. The van der Waals surface area contributed by atoms with Gasteiger partial charge in [0.2, 0.25) is 5.71 Å². The Kier molecular flexibility index (Phi) is 2.67. The van der Waals surface area contributed by atoms with E-state index in [9.17, 15) is 0 Å². The summed E-state index contributed by atoms with van der Waals surface area (Å²) in [6.45, 7) is 0. The van der Waals surface area contributed by atoms with Crippen molar-refractivity contribution in [1.82, 2.24) is 4.57 Å². The summed E-state index contributed by atoms with van der Waals surface area (Å²) in [4.78, 5) is 0. The number of nitrogens with zero attached hydrogens (tertiary/aromatic N) is 1. The van der Waals surface area contributed by atoms with E-state index in [-0.39, 0.29) is 0 Å². The molecule has 0 saturated heterocycles. The standard InChI is InChI=1S/C20H12BrNO/c21-13-9-11-14(12-10-13)22-17-7-3-1-5-15(17)19-16-6-2-4-8-18(16)23-20(19)22/h1-12H. The van der Waals surface area contributed by atoms with E-state index in [2.05, 4.69) is 81.2 Å². The lowest BCUT2D eigenvalue weighted by Crippen LogP contribution is -1.92. The Labute approximate surface area is 141 Å². The van der Waals surface area contributed by atoms with Crippen LogP contribution in [0.3, 0.4) is 0 Å². The summed E-state index contributed by atoms with van der Waals surface area (Å²) >= 11 is 3.50. The highest BCUT2D eigenvalue weighted by atomic mass is 79.9. The van der Waals surface area contributed by atoms with Crippen LogP contribution in [0.4, 0.5) is 0 Å². The molecule has 3 aromatic carbocycles. The van der Waals surface area contributed by atoms with Crippen molar-refractivity contribution < 1.29 is 4.42 Å². The van der Waals surface area contributed by atoms with E-state index in [1.807, 2.05) is 12.1 Å². The highest BCUT2D eigenvalue weighted by Crippen LogP contribution is 2.38. The van der Waals surface area contributed by atoms with E-state index in [4.69, 9.17) is 4.42 Å². The van der Waals surface area contributed by atoms with Crippen molar-refractivity contribution in [2.75, 3.05) is 0 Å². The molecule has 2 aromatic heterocycles. The average Bonchev–Trinajstić information content (AvgIpc) is 3.10. The van der Waals surface area contributed by atoms with Gasteiger partial charge in [-0.05, 0) is 36.4 Å². The summed E-state index contributed by atoms with van der Waals surface area (Å²) in [7, 11) is 0. The molecule has 110 valence electrons. The Morgan fingerprint density at radius 1 is 0.739 bits per heavy atom. The van der Waals surface area contributed by atoms with Gasteiger partial charge in [0.1, 0.15) is 5.58 Å².